The molecular weight excluding hydrogens is 338 g/mol. The van der Waals surface area contributed by atoms with Crippen molar-refractivity contribution >= 4 is 10.0 Å². The Morgan fingerprint density at radius 1 is 1.00 bits per heavy atom. The molecule has 2 aromatic carbocycles. The molecule has 1 aromatic heterocycles. The summed E-state index contributed by atoms with van der Waals surface area (Å²) in [6.45, 7) is 2.11. The third-order valence-corrected chi connectivity index (χ3v) is 5.09. The summed E-state index contributed by atoms with van der Waals surface area (Å²) in [5.41, 5.74) is 2.58. The Bertz CT molecular complexity index is 937. The Kier molecular flexibility index (Phi) is 5.25. The Labute approximate surface area is 147 Å². The summed E-state index contributed by atoms with van der Waals surface area (Å²) in [7, 11) is -3.41. The highest BCUT2D eigenvalue weighted by atomic mass is 32.2. The van der Waals surface area contributed by atoms with Crippen LogP contribution in [0.5, 0.6) is 0 Å². The van der Waals surface area contributed by atoms with Gasteiger partial charge in [-0.3, -0.25) is 0 Å². The first kappa shape index (κ1) is 17.3. The number of nitrogens with one attached hydrogen (secondary N) is 1. The molecule has 7 heteroatoms. The van der Waals surface area contributed by atoms with Crippen LogP contribution in [-0.2, 0) is 22.2 Å². The van der Waals surface area contributed by atoms with E-state index in [1.165, 1.54) is 0 Å². The Balaban J connectivity index is 1.56. The van der Waals surface area contributed by atoms with Crippen LogP contribution in [-0.4, -0.2) is 25.2 Å². The van der Waals surface area contributed by atoms with Gasteiger partial charge in [0.2, 0.25) is 21.8 Å². The van der Waals surface area contributed by atoms with E-state index in [9.17, 15) is 8.42 Å². The van der Waals surface area contributed by atoms with Crippen molar-refractivity contribution in [2.45, 2.75) is 19.1 Å². The molecule has 0 unspecified atom stereocenters. The number of aromatic nitrogens is 2. The quantitative estimate of drug-likeness (QED) is 0.703. The van der Waals surface area contributed by atoms with E-state index in [-0.39, 0.29) is 12.3 Å². The minimum Gasteiger partial charge on any atom is -0.421 e. The number of hydrogen-bond donors (Lipinski definition) is 1. The van der Waals surface area contributed by atoms with Gasteiger partial charge in [0.15, 0.2) is 0 Å². The third-order valence-electron chi connectivity index (χ3n) is 3.76. The first-order chi connectivity index (χ1) is 12.0. The fourth-order valence-electron chi connectivity index (χ4n) is 2.39. The van der Waals surface area contributed by atoms with Crippen molar-refractivity contribution in [3.05, 3.63) is 71.6 Å². The van der Waals surface area contributed by atoms with E-state index in [4.69, 9.17) is 4.42 Å². The van der Waals surface area contributed by atoms with Crippen molar-refractivity contribution in [1.29, 1.82) is 0 Å². The molecule has 0 saturated heterocycles. The molecule has 0 bridgehead atoms. The fourth-order valence-corrected chi connectivity index (χ4v) is 3.64. The monoisotopic (exact) mass is 357 g/mol. The second-order valence-corrected chi connectivity index (χ2v) is 7.50. The maximum Gasteiger partial charge on any atom is 0.247 e. The number of nitrogens with zero attached hydrogens (tertiary/aromatic N) is 2. The topological polar surface area (TPSA) is 85.1 Å². The number of aryl methyl sites for hydroxylation is 1. The van der Waals surface area contributed by atoms with Crippen LogP contribution in [0.3, 0.4) is 0 Å². The summed E-state index contributed by atoms with van der Waals surface area (Å²) in [6, 6.07) is 16.9. The minimum atomic E-state index is -3.41. The van der Waals surface area contributed by atoms with Crippen LogP contribution in [0.15, 0.2) is 59.0 Å². The van der Waals surface area contributed by atoms with Crippen LogP contribution in [0.25, 0.3) is 11.5 Å². The van der Waals surface area contributed by atoms with Gasteiger partial charge in [0.1, 0.15) is 0 Å². The maximum atomic E-state index is 12.2. The molecule has 0 aliphatic carbocycles. The van der Waals surface area contributed by atoms with Crippen molar-refractivity contribution < 1.29 is 12.8 Å². The zero-order valence-electron chi connectivity index (χ0n) is 13.8. The van der Waals surface area contributed by atoms with E-state index in [0.717, 1.165) is 16.7 Å². The summed E-state index contributed by atoms with van der Waals surface area (Å²) in [4.78, 5) is 0. The van der Waals surface area contributed by atoms with Gasteiger partial charge in [-0.15, -0.1) is 10.2 Å². The summed E-state index contributed by atoms with van der Waals surface area (Å²) >= 11 is 0. The standard InChI is InChI=1S/C18H19N3O3S/c1-14-7-5-6-10-16(14)13-25(22,23)19-12-11-17-20-21-18(24-17)15-8-3-2-4-9-15/h2-10,19H,11-13H2,1H3. The third kappa shape index (κ3) is 4.74. The zero-order chi connectivity index (χ0) is 17.7. The molecule has 0 spiro atoms. The fraction of sp³-hybridized carbons (Fsp3) is 0.222. The number of hydrogen-bond acceptors (Lipinski definition) is 5. The Morgan fingerprint density at radius 2 is 1.72 bits per heavy atom. The van der Waals surface area contributed by atoms with Crippen molar-refractivity contribution in [3.63, 3.8) is 0 Å². The normalized spacial score (nSPS) is 11.6. The predicted molar refractivity (Wildman–Crippen MR) is 95.2 cm³/mol. The van der Waals surface area contributed by atoms with Crippen molar-refractivity contribution in [2.24, 2.45) is 0 Å². The molecule has 0 saturated carbocycles. The summed E-state index contributed by atoms with van der Waals surface area (Å²) < 4.78 is 32.5. The second-order valence-electron chi connectivity index (χ2n) is 5.70. The van der Waals surface area contributed by atoms with Crippen molar-refractivity contribution in [2.75, 3.05) is 6.54 Å². The molecule has 0 fully saturated rings. The van der Waals surface area contributed by atoms with E-state index < -0.39 is 10.0 Å². The summed E-state index contributed by atoms with van der Waals surface area (Å²) in [6.07, 6.45) is 0.340. The van der Waals surface area contributed by atoms with Crippen LogP contribution in [0.4, 0.5) is 0 Å². The molecule has 25 heavy (non-hydrogen) atoms. The van der Waals surface area contributed by atoms with Crippen LogP contribution >= 0.6 is 0 Å². The number of rotatable bonds is 7. The molecule has 130 valence electrons. The summed E-state index contributed by atoms with van der Waals surface area (Å²) in [5.74, 6) is 0.787. The molecule has 1 N–H and O–H groups in total. The number of sulfonamides is 1. The van der Waals surface area contributed by atoms with E-state index in [1.807, 2.05) is 61.5 Å². The Morgan fingerprint density at radius 3 is 2.48 bits per heavy atom. The molecule has 6 nitrogen and oxygen atoms in total. The lowest BCUT2D eigenvalue weighted by molar-refractivity contribution is 0.502. The molecule has 3 rings (SSSR count). The highest BCUT2D eigenvalue weighted by Crippen LogP contribution is 2.17. The smallest absolute Gasteiger partial charge is 0.247 e. The van der Waals surface area contributed by atoms with Gasteiger partial charge in [-0.2, -0.15) is 0 Å². The first-order valence-corrected chi connectivity index (χ1v) is 9.58. The lowest BCUT2D eigenvalue weighted by Crippen LogP contribution is -2.27. The molecule has 1 heterocycles. The maximum absolute atomic E-state index is 12.2. The van der Waals surface area contributed by atoms with Gasteiger partial charge >= 0.3 is 0 Å². The van der Waals surface area contributed by atoms with Gasteiger partial charge in [-0.25, -0.2) is 13.1 Å². The molecule has 0 amide bonds. The van der Waals surface area contributed by atoms with E-state index in [2.05, 4.69) is 14.9 Å². The van der Waals surface area contributed by atoms with Gasteiger partial charge in [0, 0.05) is 18.5 Å². The van der Waals surface area contributed by atoms with Crippen molar-refractivity contribution in [1.82, 2.24) is 14.9 Å². The first-order valence-electron chi connectivity index (χ1n) is 7.93. The molecule has 0 aliphatic heterocycles. The average Bonchev–Trinajstić information content (AvgIpc) is 3.06. The summed E-state index contributed by atoms with van der Waals surface area (Å²) in [5, 5.41) is 7.95. The highest BCUT2D eigenvalue weighted by Gasteiger charge is 2.14. The largest absolute Gasteiger partial charge is 0.421 e. The van der Waals surface area contributed by atoms with E-state index >= 15 is 0 Å². The lowest BCUT2D eigenvalue weighted by Gasteiger charge is -2.07. The minimum absolute atomic E-state index is 0.0429. The predicted octanol–water partition coefficient (Wildman–Crippen LogP) is 2.71. The van der Waals surface area contributed by atoms with Crippen LogP contribution < -0.4 is 4.72 Å². The van der Waals surface area contributed by atoms with E-state index in [1.54, 1.807) is 0 Å². The number of benzene rings is 2. The molecule has 0 atom stereocenters. The average molecular weight is 357 g/mol. The molecule has 3 aromatic rings. The molecule has 0 radical (unpaired) electrons. The zero-order valence-corrected chi connectivity index (χ0v) is 14.7. The van der Waals surface area contributed by atoms with Gasteiger partial charge < -0.3 is 4.42 Å². The van der Waals surface area contributed by atoms with Crippen LogP contribution in [0.1, 0.15) is 17.0 Å². The van der Waals surface area contributed by atoms with Gasteiger partial charge in [0.25, 0.3) is 0 Å². The van der Waals surface area contributed by atoms with Crippen LogP contribution in [0.2, 0.25) is 0 Å². The van der Waals surface area contributed by atoms with Gasteiger partial charge in [-0.05, 0) is 30.2 Å². The highest BCUT2D eigenvalue weighted by molar-refractivity contribution is 7.88. The SMILES string of the molecule is Cc1ccccc1CS(=O)(=O)NCCc1nnc(-c2ccccc2)o1. The van der Waals surface area contributed by atoms with Crippen LogP contribution in [0, 0.1) is 6.92 Å². The molecule has 0 aliphatic rings. The van der Waals surface area contributed by atoms with Gasteiger partial charge in [0.05, 0.1) is 5.75 Å². The van der Waals surface area contributed by atoms with Crippen molar-refractivity contribution in [3.8, 4) is 11.5 Å². The second kappa shape index (κ2) is 7.58. The van der Waals surface area contributed by atoms with E-state index in [0.29, 0.717) is 18.2 Å². The molecular formula is C18H19N3O3S. The Hall–Kier alpha value is -2.51. The lowest BCUT2D eigenvalue weighted by atomic mass is 10.1. The van der Waals surface area contributed by atoms with Gasteiger partial charge in [-0.1, -0.05) is 42.5 Å².